The Morgan fingerprint density at radius 2 is 1.93 bits per heavy atom. The van der Waals surface area contributed by atoms with Gasteiger partial charge in [0.25, 0.3) is 0 Å². The largest absolute Gasteiger partial charge is 0.460 e. The van der Waals surface area contributed by atoms with Gasteiger partial charge in [0, 0.05) is 12.7 Å². The lowest BCUT2D eigenvalue weighted by Crippen LogP contribution is -2.24. The molecule has 1 fully saturated rings. The molecule has 0 radical (unpaired) electrons. The molecule has 0 aliphatic carbocycles. The Morgan fingerprint density at radius 1 is 1.14 bits per heavy atom. The average Bonchev–Trinajstić information content (AvgIpc) is 3.26. The first-order chi connectivity index (χ1) is 13.6. The molecule has 4 rings (SSSR count). The van der Waals surface area contributed by atoms with Crippen molar-refractivity contribution < 1.29 is 23.4 Å². The fraction of sp³-hybridized carbons (Fsp3) is 0.273. The molecule has 3 aromatic rings. The van der Waals surface area contributed by atoms with E-state index >= 15 is 0 Å². The lowest BCUT2D eigenvalue weighted by atomic mass is 10.2. The molecule has 0 amide bonds. The van der Waals surface area contributed by atoms with Gasteiger partial charge < -0.3 is 18.6 Å². The molecular weight excluding hydrogens is 360 g/mol. The van der Waals surface area contributed by atoms with Crippen molar-refractivity contribution in [3.8, 4) is 17.2 Å². The van der Waals surface area contributed by atoms with Gasteiger partial charge in [-0.05, 0) is 49.1 Å². The fourth-order valence-corrected chi connectivity index (χ4v) is 3.09. The molecule has 6 heteroatoms. The zero-order valence-electron chi connectivity index (χ0n) is 15.5. The Labute approximate surface area is 161 Å². The normalized spacial score (nSPS) is 16.2. The molecule has 1 aromatic heterocycles. The molecule has 2 aromatic carbocycles. The van der Waals surface area contributed by atoms with Crippen LogP contribution in [-0.2, 0) is 16.0 Å². The van der Waals surface area contributed by atoms with E-state index < -0.39 is 12.1 Å². The maximum Gasteiger partial charge on any atom is 0.340 e. The Balaban J connectivity index is 1.55. The van der Waals surface area contributed by atoms with Crippen molar-refractivity contribution in [1.82, 2.24) is 0 Å². The number of hydrogen-bond acceptors (Lipinski definition) is 6. The highest BCUT2D eigenvalue weighted by Crippen LogP contribution is 2.25. The lowest BCUT2D eigenvalue weighted by molar-refractivity contribution is -0.144. The minimum absolute atomic E-state index is 0.0980. The second-order valence-electron chi connectivity index (χ2n) is 6.61. The highest BCUT2D eigenvalue weighted by molar-refractivity contribution is 5.82. The number of aryl methyl sites for hydroxylation is 1. The third kappa shape index (κ3) is 3.77. The van der Waals surface area contributed by atoms with Crippen molar-refractivity contribution in [2.75, 3.05) is 6.61 Å². The number of rotatable bonds is 5. The molecule has 0 spiro atoms. The van der Waals surface area contributed by atoms with Gasteiger partial charge in [-0.2, -0.15) is 0 Å². The van der Waals surface area contributed by atoms with E-state index in [1.807, 2.05) is 24.3 Å². The summed E-state index contributed by atoms with van der Waals surface area (Å²) in [5.74, 6) is 0.529. The van der Waals surface area contributed by atoms with E-state index in [0.29, 0.717) is 35.5 Å². The van der Waals surface area contributed by atoms with Crippen LogP contribution in [0.15, 0.2) is 57.9 Å². The molecule has 6 nitrogen and oxygen atoms in total. The van der Waals surface area contributed by atoms with Crippen LogP contribution in [0.3, 0.4) is 0 Å². The van der Waals surface area contributed by atoms with Crippen LogP contribution in [0.5, 0.6) is 17.2 Å². The Kier molecular flexibility index (Phi) is 5.12. The number of fused-ring (bicyclic) bond motifs is 1. The van der Waals surface area contributed by atoms with E-state index in [2.05, 4.69) is 6.92 Å². The van der Waals surface area contributed by atoms with Crippen LogP contribution in [0.25, 0.3) is 11.0 Å². The maximum atomic E-state index is 12.7. The summed E-state index contributed by atoms with van der Waals surface area (Å²) in [6.07, 6.45) is 3.16. The Bertz CT molecular complexity index is 1040. The van der Waals surface area contributed by atoms with Gasteiger partial charge in [0.15, 0.2) is 6.10 Å². The zero-order valence-corrected chi connectivity index (χ0v) is 15.5. The van der Waals surface area contributed by atoms with Gasteiger partial charge in [0.2, 0.25) is 11.2 Å². The summed E-state index contributed by atoms with van der Waals surface area (Å²) in [7, 11) is 0. The molecule has 1 unspecified atom stereocenters. The quantitative estimate of drug-likeness (QED) is 0.487. The number of esters is 1. The monoisotopic (exact) mass is 380 g/mol. The van der Waals surface area contributed by atoms with Crippen molar-refractivity contribution >= 4 is 16.9 Å². The van der Waals surface area contributed by atoms with Crippen molar-refractivity contribution in [3.05, 3.63) is 64.5 Å². The molecule has 144 valence electrons. The van der Waals surface area contributed by atoms with Gasteiger partial charge in [-0.15, -0.1) is 0 Å². The Morgan fingerprint density at radius 3 is 2.64 bits per heavy atom. The summed E-state index contributed by atoms with van der Waals surface area (Å²) in [6.45, 7) is 2.64. The molecule has 0 N–H and O–H groups in total. The summed E-state index contributed by atoms with van der Waals surface area (Å²) in [5.41, 5.74) is 1.21. The van der Waals surface area contributed by atoms with Crippen molar-refractivity contribution in [2.24, 2.45) is 0 Å². The van der Waals surface area contributed by atoms with Gasteiger partial charge in [-0.3, -0.25) is 4.79 Å². The van der Waals surface area contributed by atoms with E-state index in [9.17, 15) is 9.59 Å². The SMILES string of the molecule is CCc1ccc(Oc2coc3cc(OC(=O)C4CCCO4)ccc3c2=O)cc1. The molecule has 2 heterocycles. The number of carbonyl (C=O) groups excluding carboxylic acids is 1. The molecule has 0 saturated carbocycles. The standard InChI is InChI=1S/C22H20O6/c1-2-14-5-7-15(8-6-14)27-20-13-26-19-12-16(9-10-17(19)21(20)23)28-22(24)18-4-3-11-25-18/h5-10,12-13,18H,2-4,11H2,1H3. The van der Waals surface area contributed by atoms with E-state index in [1.165, 1.54) is 17.9 Å². The topological polar surface area (TPSA) is 75.0 Å². The molecule has 1 aliphatic rings. The predicted octanol–water partition coefficient (Wildman–Crippen LogP) is 4.23. The van der Waals surface area contributed by atoms with Gasteiger partial charge in [0.1, 0.15) is 23.3 Å². The zero-order chi connectivity index (χ0) is 19.5. The minimum Gasteiger partial charge on any atom is -0.460 e. The number of benzene rings is 2. The summed E-state index contributed by atoms with van der Waals surface area (Å²) < 4.78 is 21.9. The van der Waals surface area contributed by atoms with Gasteiger partial charge >= 0.3 is 5.97 Å². The molecule has 1 saturated heterocycles. The van der Waals surface area contributed by atoms with Crippen LogP contribution in [0.1, 0.15) is 25.3 Å². The Hall–Kier alpha value is -3.12. The van der Waals surface area contributed by atoms with E-state index in [-0.39, 0.29) is 11.2 Å². The first kappa shape index (κ1) is 18.3. The molecule has 1 aliphatic heterocycles. The third-order valence-electron chi connectivity index (χ3n) is 4.68. The lowest BCUT2D eigenvalue weighted by Gasteiger charge is -2.10. The molecular formula is C22H20O6. The molecule has 1 atom stereocenters. The number of carbonyl (C=O) groups is 1. The summed E-state index contributed by atoms with van der Waals surface area (Å²) >= 11 is 0. The van der Waals surface area contributed by atoms with Gasteiger partial charge in [-0.25, -0.2) is 4.79 Å². The first-order valence-electron chi connectivity index (χ1n) is 9.29. The van der Waals surface area contributed by atoms with Gasteiger partial charge in [-0.1, -0.05) is 19.1 Å². The van der Waals surface area contributed by atoms with Crippen molar-refractivity contribution in [3.63, 3.8) is 0 Å². The molecule has 0 bridgehead atoms. The number of hydrogen-bond donors (Lipinski definition) is 0. The second-order valence-corrected chi connectivity index (χ2v) is 6.61. The predicted molar refractivity (Wildman–Crippen MR) is 103 cm³/mol. The van der Waals surface area contributed by atoms with Crippen LogP contribution in [0, 0.1) is 0 Å². The first-order valence-corrected chi connectivity index (χ1v) is 9.29. The summed E-state index contributed by atoms with van der Waals surface area (Å²) in [5, 5.41) is 0.347. The maximum absolute atomic E-state index is 12.7. The third-order valence-corrected chi connectivity index (χ3v) is 4.68. The fourth-order valence-electron chi connectivity index (χ4n) is 3.09. The summed E-state index contributed by atoms with van der Waals surface area (Å²) in [4.78, 5) is 24.7. The van der Waals surface area contributed by atoms with Crippen LogP contribution < -0.4 is 14.9 Å². The highest BCUT2D eigenvalue weighted by atomic mass is 16.6. The highest BCUT2D eigenvalue weighted by Gasteiger charge is 2.25. The molecule has 28 heavy (non-hydrogen) atoms. The van der Waals surface area contributed by atoms with E-state index in [4.69, 9.17) is 18.6 Å². The van der Waals surface area contributed by atoms with E-state index in [1.54, 1.807) is 12.1 Å². The average molecular weight is 380 g/mol. The second kappa shape index (κ2) is 7.86. The number of ether oxygens (including phenoxy) is 3. The van der Waals surface area contributed by atoms with Crippen molar-refractivity contribution in [1.29, 1.82) is 0 Å². The van der Waals surface area contributed by atoms with Crippen LogP contribution in [0.2, 0.25) is 0 Å². The minimum atomic E-state index is -0.530. The summed E-state index contributed by atoms with van der Waals surface area (Å²) in [6, 6.07) is 12.2. The van der Waals surface area contributed by atoms with Crippen LogP contribution >= 0.6 is 0 Å². The van der Waals surface area contributed by atoms with Crippen molar-refractivity contribution in [2.45, 2.75) is 32.3 Å². The smallest absolute Gasteiger partial charge is 0.340 e. The van der Waals surface area contributed by atoms with Crippen LogP contribution in [0.4, 0.5) is 0 Å². The van der Waals surface area contributed by atoms with Crippen LogP contribution in [-0.4, -0.2) is 18.7 Å². The van der Waals surface area contributed by atoms with E-state index in [0.717, 1.165) is 12.8 Å². The van der Waals surface area contributed by atoms with Gasteiger partial charge in [0.05, 0.1) is 5.39 Å².